The summed E-state index contributed by atoms with van der Waals surface area (Å²) in [5, 5.41) is 5.06. The van der Waals surface area contributed by atoms with E-state index in [-0.39, 0.29) is 5.91 Å². The maximum atomic E-state index is 12.4. The Morgan fingerprint density at radius 3 is 2.48 bits per heavy atom. The fourth-order valence-corrected chi connectivity index (χ4v) is 3.29. The number of carbonyl (C=O) groups is 1. The third-order valence-corrected chi connectivity index (χ3v) is 5.23. The first-order chi connectivity index (χ1) is 16.0. The third kappa shape index (κ3) is 6.88. The lowest BCUT2D eigenvalue weighted by Crippen LogP contribution is -2.17. The summed E-state index contributed by atoms with van der Waals surface area (Å²) in [4.78, 5) is 12.4. The molecule has 172 valence electrons. The first-order valence-electron chi connectivity index (χ1n) is 10.3. The number of nitrogens with zero attached hydrogens (tertiary/aromatic N) is 1. The molecule has 0 bridgehead atoms. The van der Waals surface area contributed by atoms with Gasteiger partial charge in [0.15, 0.2) is 11.5 Å². The number of hydrogen-bond donors (Lipinski definition) is 1. The first kappa shape index (κ1) is 24.4. The molecular weight excluding hydrogens is 463 g/mol. The molecule has 1 N–H and O–H groups in total. The number of ether oxygens (including phenoxy) is 3. The minimum Gasteiger partial charge on any atom is -0.493 e. The lowest BCUT2D eigenvalue weighted by Gasteiger charge is -2.11. The number of carbonyl (C=O) groups excluding carboxylic acids is 1. The van der Waals surface area contributed by atoms with Crippen LogP contribution in [-0.4, -0.2) is 25.8 Å². The van der Waals surface area contributed by atoms with Gasteiger partial charge < -0.3 is 14.2 Å². The fraction of sp³-hybridized carbons (Fsp3) is 0.200. The second-order valence-corrected chi connectivity index (χ2v) is 7.80. The number of rotatable bonds is 10. The van der Waals surface area contributed by atoms with Crippen molar-refractivity contribution >= 4 is 35.3 Å². The van der Waals surface area contributed by atoms with Crippen LogP contribution in [0.4, 0.5) is 0 Å². The van der Waals surface area contributed by atoms with Crippen molar-refractivity contribution in [2.24, 2.45) is 5.10 Å². The summed E-state index contributed by atoms with van der Waals surface area (Å²) in [5.41, 5.74) is 4.46. The van der Waals surface area contributed by atoms with Crippen molar-refractivity contribution in [2.45, 2.75) is 20.0 Å². The molecular formula is C25H24Cl2N2O4. The minimum absolute atomic E-state index is 0.300. The number of halogens is 2. The molecule has 0 fully saturated rings. The van der Waals surface area contributed by atoms with Crippen LogP contribution in [0, 0.1) is 0 Å². The molecule has 0 spiro atoms. The van der Waals surface area contributed by atoms with Gasteiger partial charge in [0, 0.05) is 16.1 Å². The number of hydrazone groups is 1. The summed E-state index contributed by atoms with van der Waals surface area (Å²) in [6.45, 7) is 2.88. The molecule has 0 saturated carbocycles. The van der Waals surface area contributed by atoms with Crippen LogP contribution in [0.3, 0.4) is 0 Å². The van der Waals surface area contributed by atoms with E-state index in [0.717, 1.165) is 12.0 Å². The molecule has 1 amide bonds. The first-order valence-corrected chi connectivity index (χ1v) is 11.1. The molecule has 0 aliphatic rings. The summed E-state index contributed by atoms with van der Waals surface area (Å²) >= 11 is 12.5. The molecule has 3 aromatic rings. The van der Waals surface area contributed by atoms with Crippen LogP contribution in [0.15, 0.2) is 65.8 Å². The van der Waals surface area contributed by atoms with E-state index in [2.05, 4.69) is 10.5 Å². The molecule has 0 aliphatic carbocycles. The number of nitrogens with one attached hydrogen (secondary N) is 1. The topological polar surface area (TPSA) is 69.2 Å². The van der Waals surface area contributed by atoms with Gasteiger partial charge in [0.1, 0.15) is 12.4 Å². The second-order valence-electron chi connectivity index (χ2n) is 6.98. The van der Waals surface area contributed by atoms with Gasteiger partial charge in [-0.25, -0.2) is 5.43 Å². The molecule has 0 aliphatic heterocycles. The van der Waals surface area contributed by atoms with Gasteiger partial charge in [-0.2, -0.15) is 5.10 Å². The summed E-state index contributed by atoms with van der Waals surface area (Å²) in [7, 11) is 1.53. The van der Waals surface area contributed by atoms with E-state index in [1.807, 2.05) is 25.1 Å². The van der Waals surface area contributed by atoms with Gasteiger partial charge >= 0.3 is 0 Å². The highest BCUT2D eigenvalue weighted by Crippen LogP contribution is 2.29. The van der Waals surface area contributed by atoms with Crippen molar-refractivity contribution < 1.29 is 19.0 Å². The maximum Gasteiger partial charge on any atom is 0.271 e. The average molecular weight is 487 g/mol. The van der Waals surface area contributed by atoms with Crippen LogP contribution in [0.25, 0.3) is 0 Å². The Kier molecular flexibility index (Phi) is 8.98. The lowest BCUT2D eigenvalue weighted by atomic mass is 10.2. The fourth-order valence-electron chi connectivity index (χ4n) is 2.86. The van der Waals surface area contributed by atoms with E-state index in [1.165, 1.54) is 13.3 Å². The normalized spacial score (nSPS) is 10.8. The van der Waals surface area contributed by atoms with Crippen LogP contribution < -0.4 is 19.6 Å². The quantitative estimate of drug-likeness (QED) is 0.276. The summed E-state index contributed by atoms with van der Waals surface area (Å²) in [6, 6.07) is 17.6. The van der Waals surface area contributed by atoms with Gasteiger partial charge in [-0.15, -0.1) is 0 Å². The number of methoxy groups -OCH3 is 1. The van der Waals surface area contributed by atoms with Crippen molar-refractivity contribution in [2.75, 3.05) is 13.7 Å². The summed E-state index contributed by atoms with van der Waals surface area (Å²) < 4.78 is 16.7. The predicted molar refractivity (Wildman–Crippen MR) is 131 cm³/mol. The highest BCUT2D eigenvalue weighted by molar-refractivity contribution is 6.32. The number of amides is 1. The Labute approximate surface area is 203 Å². The second kappa shape index (κ2) is 12.1. The monoisotopic (exact) mass is 486 g/mol. The van der Waals surface area contributed by atoms with Crippen LogP contribution in [0.1, 0.15) is 34.8 Å². The van der Waals surface area contributed by atoms with Crippen LogP contribution >= 0.6 is 23.2 Å². The van der Waals surface area contributed by atoms with Crippen molar-refractivity contribution in [1.29, 1.82) is 0 Å². The molecule has 8 heteroatoms. The van der Waals surface area contributed by atoms with Gasteiger partial charge in [-0.3, -0.25) is 4.79 Å². The molecule has 0 unspecified atom stereocenters. The molecule has 0 heterocycles. The van der Waals surface area contributed by atoms with Gasteiger partial charge in [-0.05, 0) is 54.4 Å². The summed E-state index contributed by atoms with van der Waals surface area (Å²) in [5.74, 6) is 1.22. The molecule has 6 nitrogen and oxygen atoms in total. The van der Waals surface area contributed by atoms with Gasteiger partial charge in [0.2, 0.25) is 0 Å². The molecule has 3 rings (SSSR count). The molecule has 0 aromatic heterocycles. The molecule has 0 radical (unpaired) electrons. The van der Waals surface area contributed by atoms with E-state index >= 15 is 0 Å². The Bertz CT molecular complexity index is 1140. The van der Waals surface area contributed by atoms with Crippen LogP contribution in [-0.2, 0) is 6.61 Å². The Hall–Kier alpha value is -3.22. The van der Waals surface area contributed by atoms with E-state index in [1.54, 1.807) is 42.5 Å². The third-order valence-electron chi connectivity index (χ3n) is 4.56. The highest BCUT2D eigenvalue weighted by atomic mass is 35.5. The van der Waals surface area contributed by atoms with Crippen LogP contribution in [0.5, 0.6) is 17.2 Å². The minimum atomic E-state index is -0.377. The number of hydrogen-bond acceptors (Lipinski definition) is 5. The molecule has 0 saturated heterocycles. The predicted octanol–water partition coefficient (Wildman–Crippen LogP) is 6.13. The highest BCUT2D eigenvalue weighted by Gasteiger charge is 2.11. The van der Waals surface area contributed by atoms with Gasteiger partial charge in [-0.1, -0.05) is 48.3 Å². The molecule has 33 heavy (non-hydrogen) atoms. The average Bonchev–Trinajstić information content (AvgIpc) is 2.83. The van der Waals surface area contributed by atoms with Crippen molar-refractivity contribution in [3.63, 3.8) is 0 Å². The van der Waals surface area contributed by atoms with Gasteiger partial charge in [0.25, 0.3) is 5.91 Å². The Morgan fingerprint density at radius 2 is 1.76 bits per heavy atom. The number of benzene rings is 3. The molecule has 3 aromatic carbocycles. The zero-order chi connectivity index (χ0) is 23.6. The largest absolute Gasteiger partial charge is 0.493 e. The molecule has 0 atom stereocenters. The van der Waals surface area contributed by atoms with Crippen molar-refractivity contribution in [1.82, 2.24) is 5.43 Å². The van der Waals surface area contributed by atoms with E-state index < -0.39 is 0 Å². The van der Waals surface area contributed by atoms with E-state index in [9.17, 15) is 4.79 Å². The Morgan fingerprint density at radius 1 is 0.970 bits per heavy atom. The van der Waals surface area contributed by atoms with Crippen molar-refractivity contribution in [3.8, 4) is 17.2 Å². The lowest BCUT2D eigenvalue weighted by molar-refractivity contribution is 0.0954. The van der Waals surface area contributed by atoms with Crippen LogP contribution in [0.2, 0.25) is 10.0 Å². The summed E-state index contributed by atoms with van der Waals surface area (Å²) in [6.07, 6.45) is 2.37. The SMILES string of the molecule is CCCOc1ccc(C(=O)N/N=C/c2ccc(OCc3ccccc3Cl)c(Cl)c2)cc1OC. The van der Waals surface area contributed by atoms with Crippen molar-refractivity contribution in [3.05, 3.63) is 87.4 Å². The van der Waals surface area contributed by atoms with Gasteiger partial charge in [0.05, 0.1) is 25.0 Å². The Balaban J connectivity index is 1.59. The van der Waals surface area contributed by atoms with E-state index in [4.69, 9.17) is 37.4 Å². The zero-order valence-electron chi connectivity index (χ0n) is 18.3. The standard InChI is InChI=1S/C25H24Cl2N2O4/c1-3-12-32-23-11-9-18(14-24(23)31-2)25(30)29-28-15-17-8-10-22(21(27)13-17)33-16-19-6-4-5-7-20(19)26/h4-11,13-15H,3,12,16H2,1-2H3,(H,29,30)/b28-15+. The smallest absolute Gasteiger partial charge is 0.271 e. The van der Waals surface area contributed by atoms with E-state index in [0.29, 0.717) is 51.6 Å². The zero-order valence-corrected chi connectivity index (χ0v) is 19.8. The maximum absolute atomic E-state index is 12.4.